The fourth-order valence-electron chi connectivity index (χ4n) is 5.30. The Kier molecular flexibility index (Phi) is 7.81. The lowest BCUT2D eigenvalue weighted by atomic mass is 9.84. The van der Waals surface area contributed by atoms with Crippen molar-refractivity contribution in [1.29, 1.82) is 0 Å². The molecule has 2 aliphatic carbocycles. The van der Waals surface area contributed by atoms with Gasteiger partial charge in [-0.05, 0) is 56.6 Å². The highest BCUT2D eigenvalue weighted by Gasteiger charge is 2.27. The van der Waals surface area contributed by atoms with Gasteiger partial charge in [-0.3, -0.25) is 24.7 Å². The van der Waals surface area contributed by atoms with E-state index in [0.29, 0.717) is 29.6 Å². The Bertz CT molecular complexity index is 1680. The van der Waals surface area contributed by atoms with Crippen LogP contribution in [-0.2, 0) is 4.79 Å². The van der Waals surface area contributed by atoms with Crippen molar-refractivity contribution < 1.29 is 18.9 Å². The van der Waals surface area contributed by atoms with Gasteiger partial charge in [0.05, 0.1) is 28.7 Å². The average Bonchev–Trinajstić information content (AvgIpc) is 3.70. The molecule has 2 aliphatic rings. The Morgan fingerprint density at radius 1 is 0.977 bits per heavy atom. The number of rotatable bonds is 10. The fraction of sp³-hybridized carbons (Fsp3) is 0.345. The zero-order valence-electron chi connectivity index (χ0n) is 23.1. The second-order valence-corrected chi connectivity index (χ2v) is 11.0. The molecule has 0 radical (unpaired) electrons. The van der Waals surface area contributed by atoms with Crippen molar-refractivity contribution in [3.05, 3.63) is 76.6 Å². The minimum atomic E-state index is -0.645. The van der Waals surface area contributed by atoms with E-state index >= 15 is 0 Å². The number of nitrogens with one attached hydrogen (secondary N) is 4. The van der Waals surface area contributed by atoms with Crippen LogP contribution in [0.5, 0.6) is 0 Å². The summed E-state index contributed by atoms with van der Waals surface area (Å²) >= 11 is 0. The molecule has 14 heteroatoms. The van der Waals surface area contributed by atoms with Crippen LogP contribution < -0.4 is 21.3 Å². The zero-order chi connectivity index (χ0) is 29.9. The van der Waals surface area contributed by atoms with Crippen LogP contribution in [-0.4, -0.2) is 48.4 Å². The molecule has 4 N–H and O–H groups in total. The topological polar surface area (TPSA) is 168 Å². The third kappa shape index (κ3) is 6.68. The highest BCUT2D eigenvalue weighted by atomic mass is 19.1. The number of imidazole rings is 1. The van der Waals surface area contributed by atoms with Gasteiger partial charge in [0, 0.05) is 48.6 Å². The number of pyridine rings is 1. The number of nitrogens with zero attached hydrogens (tertiary/aromatic N) is 5. The monoisotopic (exact) mass is 587 g/mol. The van der Waals surface area contributed by atoms with Crippen molar-refractivity contribution in [3.63, 3.8) is 0 Å². The summed E-state index contributed by atoms with van der Waals surface area (Å²) in [6.07, 6.45) is 9.55. The average molecular weight is 588 g/mol. The first kappa shape index (κ1) is 28.0. The SMILES string of the molecule is O=C(CC1CCC(Nc2cc(NC3CC3)c3ncc(C(=O)Nc4ccncc4F)n3n2)CC1)Nc1cccc([N+](=O)[O-])c1. The lowest BCUT2D eigenvalue weighted by molar-refractivity contribution is -0.384. The molecule has 1 aromatic carbocycles. The van der Waals surface area contributed by atoms with Crippen LogP contribution in [0.3, 0.4) is 0 Å². The molecule has 0 atom stereocenters. The van der Waals surface area contributed by atoms with Gasteiger partial charge in [-0.2, -0.15) is 0 Å². The predicted molar refractivity (Wildman–Crippen MR) is 157 cm³/mol. The molecular weight excluding hydrogens is 557 g/mol. The number of hydrogen-bond acceptors (Lipinski definition) is 9. The molecule has 0 spiro atoms. The molecule has 0 aliphatic heterocycles. The summed E-state index contributed by atoms with van der Waals surface area (Å²) in [4.78, 5) is 44.3. The predicted octanol–water partition coefficient (Wildman–Crippen LogP) is 5.00. The molecule has 2 fully saturated rings. The molecule has 2 amide bonds. The Labute approximate surface area is 245 Å². The molecule has 43 heavy (non-hydrogen) atoms. The van der Waals surface area contributed by atoms with Gasteiger partial charge in [-0.25, -0.2) is 13.9 Å². The van der Waals surface area contributed by atoms with Crippen molar-refractivity contribution in [2.45, 2.75) is 57.0 Å². The number of nitro groups is 1. The summed E-state index contributed by atoms with van der Waals surface area (Å²) in [5.41, 5.74) is 1.75. The Hall–Kier alpha value is -5.14. The third-order valence-corrected chi connectivity index (χ3v) is 7.67. The summed E-state index contributed by atoms with van der Waals surface area (Å²) in [6, 6.07) is 9.63. The molecule has 2 saturated carbocycles. The smallest absolute Gasteiger partial charge is 0.276 e. The third-order valence-electron chi connectivity index (χ3n) is 7.67. The molecule has 3 aromatic heterocycles. The number of anilines is 4. The number of fused-ring (bicyclic) bond motifs is 1. The minimum absolute atomic E-state index is 0.0103. The van der Waals surface area contributed by atoms with Crippen LogP contribution in [0.25, 0.3) is 5.65 Å². The Balaban J connectivity index is 1.11. The fourth-order valence-corrected chi connectivity index (χ4v) is 5.30. The van der Waals surface area contributed by atoms with Gasteiger partial charge in [0.25, 0.3) is 11.6 Å². The molecule has 13 nitrogen and oxygen atoms in total. The standard InChI is InChI=1S/C29H30FN9O4/c30-22-15-31-11-10-23(22)36-29(41)25-16-32-28-24(33-18-8-9-18)14-26(37-38(25)28)34-19-6-4-17(5-7-19)12-27(40)35-20-2-1-3-21(13-20)39(42)43/h1-3,10-11,13-19,33H,4-9,12H2,(H,34,37)(H,35,40)(H,31,36,41). The Morgan fingerprint density at radius 3 is 2.49 bits per heavy atom. The largest absolute Gasteiger partial charge is 0.379 e. The second kappa shape index (κ2) is 12.0. The number of carbonyl (C=O) groups is 2. The van der Waals surface area contributed by atoms with Gasteiger partial charge in [0.2, 0.25) is 5.91 Å². The van der Waals surface area contributed by atoms with Crippen LogP contribution in [0.1, 0.15) is 55.4 Å². The van der Waals surface area contributed by atoms with Gasteiger partial charge in [0.15, 0.2) is 17.2 Å². The number of carbonyl (C=O) groups excluding carboxylic acids is 2. The van der Waals surface area contributed by atoms with E-state index in [1.807, 2.05) is 6.07 Å². The first-order valence-electron chi connectivity index (χ1n) is 14.2. The lowest BCUT2D eigenvalue weighted by Gasteiger charge is -2.29. The van der Waals surface area contributed by atoms with Crippen molar-refractivity contribution in [2.75, 3.05) is 21.3 Å². The van der Waals surface area contributed by atoms with Gasteiger partial charge in [-0.1, -0.05) is 6.07 Å². The molecule has 0 unspecified atom stereocenters. The lowest BCUT2D eigenvalue weighted by Crippen LogP contribution is -2.29. The van der Waals surface area contributed by atoms with E-state index in [1.165, 1.54) is 35.1 Å². The second-order valence-electron chi connectivity index (χ2n) is 11.0. The molecule has 222 valence electrons. The number of amides is 2. The highest BCUT2D eigenvalue weighted by Crippen LogP contribution is 2.32. The number of halogens is 1. The summed E-state index contributed by atoms with van der Waals surface area (Å²) in [6.45, 7) is 0. The minimum Gasteiger partial charge on any atom is -0.379 e. The number of nitro benzene ring substituents is 1. The van der Waals surface area contributed by atoms with Gasteiger partial charge in [-0.15, -0.1) is 5.10 Å². The Morgan fingerprint density at radius 2 is 1.74 bits per heavy atom. The number of aromatic nitrogens is 4. The molecule has 6 rings (SSSR count). The quantitative estimate of drug-likeness (QED) is 0.147. The maximum Gasteiger partial charge on any atom is 0.276 e. The van der Waals surface area contributed by atoms with E-state index in [1.54, 1.807) is 12.1 Å². The highest BCUT2D eigenvalue weighted by molar-refractivity contribution is 6.03. The van der Waals surface area contributed by atoms with E-state index in [-0.39, 0.29) is 34.9 Å². The van der Waals surface area contributed by atoms with Crippen LogP contribution in [0.4, 0.5) is 33.0 Å². The summed E-state index contributed by atoms with van der Waals surface area (Å²) in [5, 5.41) is 27.9. The van der Waals surface area contributed by atoms with Crippen molar-refractivity contribution >= 4 is 46.0 Å². The number of hydrogen-bond donors (Lipinski definition) is 4. The van der Waals surface area contributed by atoms with Crippen molar-refractivity contribution in [1.82, 2.24) is 19.6 Å². The van der Waals surface area contributed by atoms with Gasteiger partial charge >= 0.3 is 0 Å². The summed E-state index contributed by atoms with van der Waals surface area (Å²) in [5.74, 6) is -0.601. The van der Waals surface area contributed by atoms with E-state index in [2.05, 4.69) is 36.3 Å². The maximum absolute atomic E-state index is 14.1. The van der Waals surface area contributed by atoms with E-state index in [9.17, 15) is 24.1 Å². The molecule has 0 bridgehead atoms. The molecule has 3 heterocycles. The van der Waals surface area contributed by atoms with Crippen LogP contribution >= 0.6 is 0 Å². The zero-order valence-corrected chi connectivity index (χ0v) is 23.1. The summed E-state index contributed by atoms with van der Waals surface area (Å²) < 4.78 is 15.6. The number of non-ortho nitro benzene ring substituents is 1. The normalized spacial score (nSPS) is 18.2. The van der Waals surface area contributed by atoms with Crippen LogP contribution in [0.2, 0.25) is 0 Å². The number of benzene rings is 1. The first-order valence-corrected chi connectivity index (χ1v) is 14.2. The summed E-state index contributed by atoms with van der Waals surface area (Å²) in [7, 11) is 0. The molecule has 0 saturated heterocycles. The van der Waals surface area contributed by atoms with Gasteiger partial charge in [0.1, 0.15) is 5.82 Å². The molecular formula is C29H30FN9O4. The molecule has 4 aromatic rings. The first-order chi connectivity index (χ1) is 20.8. The van der Waals surface area contributed by atoms with Gasteiger partial charge < -0.3 is 21.3 Å². The van der Waals surface area contributed by atoms with Crippen molar-refractivity contribution in [3.8, 4) is 0 Å². The van der Waals surface area contributed by atoms with E-state index < -0.39 is 16.6 Å². The van der Waals surface area contributed by atoms with Crippen LogP contribution in [0.15, 0.2) is 55.0 Å². The van der Waals surface area contributed by atoms with E-state index in [4.69, 9.17) is 0 Å². The van der Waals surface area contributed by atoms with Crippen LogP contribution in [0, 0.1) is 21.8 Å². The van der Waals surface area contributed by atoms with E-state index in [0.717, 1.165) is 50.4 Å². The van der Waals surface area contributed by atoms with Crippen molar-refractivity contribution in [2.24, 2.45) is 5.92 Å². The maximum atomic E-state index is 14.1.